The number of aromatic nitrogens is 2. The van der Waals surface area contributed by atoms with Gasteiger partial charge in [0.1, 0.15) is 11.6 Å². The molecule has 0 spiro atoms. The Labute approximate surface area is 150 Å². The van der Waals surface area contributed by atoms with Crippen LogP contribution in [0.2, 0.25) is 0 Å². The van der Waals surface area contributed by atoms with E-state index < -0.39 is 0 Å². The summed E-state index contributed by atoms with van der Waals surface area (Å²) in [4.78, 5) is 11.4. The number of rotatable bonds is 3. The summed E-state index contributed by atoms with van der Waals surface area (Å²) >= 11 is 0. The lowest BCUT2D eigenvalue weighted by Gasteiger charge is -2.36. The number of benzene rings is 1. The van der Waals surface area contributed by atoms with E-state index in [9.17, 15) is 0 Å². The molecule has 1 fully saturated rings. The lowest BCUT2D eigenvalue weighted by atomic mass is 9.87. The molecule has 1 aromatic heterocycles. The van der Waals surface area contributed by atoms with Gasteiger partial charge in [0, 0.05) is 36.9 Å². The first-order chi connectivity index (χ1) is 12.2. The van der Waals surface area contributed by atoms with Crippen molar-refractivity contribution in [3.63, 3.8) is 0 Å². The maximum atomic E-state index is 4.62. The fraction of sp³-hybridized carbons (Fsp3) is 0.524. The zero-order chi connectivity index (χ0) is 17.2. The Morgan fingerprint density at radius 1 is 0.960 bits per heavy atom. The molecule has 1 N–H and O–H groups in total. The van der Waals surface area contributed by atoms with Crippen molar-refractivity contribution in [2.45, 2.75) is 58.0 Å². The predicted octanol–water partition coefficient (Wildman–Crippen LogP) is 3.21. The molecule has 2 aromatic rings. The maximum Gasteiger partial charge on any atom is 0.132 e. The fourth-order valence-corrected chi connectivity index (χ4v) is 4.31. The van der Waals surface area contributed by atoms with Crippen molar-refractivity contribution in [2.75, 3.05) is 18.0 Å². The number of aryl methyl sites for hydroxylation is 3. The molecule has 4 nitrogen and oxygen atoms in total. The van der Waals surface area contributed by atoms with E-state index in [2.05, 4.69) is 50.5 Å². The van der Waals surface area contributed by atoms with E-state index in [4.69, 9.17) is 0 Å². The van der Waals surface area contributed by atoms with E-state index in [0.29, 0.717) is 12.1 Å². The van der Waals surface area contributed by atoms with Crippen molar-refractivity contribution in [1.29, 1.82) is 0 Å². The Bertz CT molecular complexity index is 714. The molecule has 0 saturated carbocycles. The Balaban J connectivity index is 1.32. The van der Waals surface area contributed by atoms with Crippen LogP contribution in [0.1, 0.15) is 41.9 Å². The van der Waals surface area contributed by atoms with Crippen LogP contribution in [-0.2, 0) is 12.8 Å². The standard InChI is InChI=1S/C21H28N4/c1-15-13-21(23-16(2)22-15)25-11-9-19(10-12-25)24-20-8-7-17-5-3-4-6-18(17)14-20/h3-6,13,19-20,24H,7-12,14H2,1-2H3/t20-/m1/s1. The Morgan fingerprint density at radius 3 is 2.48 bits per heavy atom. The van der Waals surface area contributed by atoms with Crippen molar-refractivity contribution in [3.05, 3.63) is 53.0 Å². The molecule has 2 aliphatic rings. The van der Waals surface area contributed by atoms with Crippen LogP contribution in [0.15, 0.2) is 30.3 Å². The fourth-order valence-electron chi connectivity index (χ4n) is 4.31. The van der Waals surface area contributed by atoms with Crippen LogP contribution in [-0.4, -0.2) is 35.1 Å². The zero-order valence-corrected chi connectivity index (χ0v) is 15.3. The minimum Gasteiger partial charge on any atom is -0.356 e. The van der Waals surface area contributed by atoms with E-state index >= 15 is 0 Å². The van der Waals surface area contributed by atoms with E-state index in [1.807, 2.05) is 13.8 Å². The molecule has 4 rings (SSSR count). The molecule has 0 bridgehead atoms. The third-order valence-electron chi connectivity index (χ3n) is 5.59. The second kappa shape index (κ2) is 7.12. The van der Waals surface area contributed by atoms with Gasteiger partial charge in [-0.15, -0.1) is 0 Å². The Kier molecular flexibility index (Phi) is 4.71. The average Bonchev–Trinajstić information content (AvgIpc) is 2.61. The molecule has 132 valence electrons. The highest BCUT2D eigenvalue weighted by molar-refractivity contribution is 5.40. The Morgan fingerprint density at radius 2 is 1.72 bits per heavy atom. The smallest absolute Gasteiger partial charge is 0.132 e. The van der Waals surface area contributed by atoms with E-state index in [-0.39, 0.29) is 0 Å². The molecule has 1 saturated heterocycles. The van der Waals surface area contributed by atoms with Crippen LogP contribution in [0.5, 0.6) is 0 Å². The summed E-state index contributed by atoms with van der Waals surface area (Å²) in [6, 6.07) is 12.3. The molecule has 1 aliphatic heterocycles. The van der Waals surface area contributed by atoms with Gasteiger partial charge in [-0.2, -0.15) is 0 Å². The van der Waals surface area contributed by atoms with Crippen molar-refractivity contribution >= 4 is 5.82 Å². The average molecular weight is 336 g/mol. The number of hydrogen-bond acceptors (Lipinski definition) is 4. The zero-order valence-electron chi connectivity index (χ0n) is 15.3. The summed E-state index contributed by atoms with van der Waals surface area (Å²) in [6.07, 6.45) is 6.05. The summed E-state index contributed by atoms with van der Waals surface area (Å²) in [7, 11) is 0. The highest BCUT2D eigenvalue weighted by atomic mass is 15.2. The summed E-state index contributed by atoms with van der Waals surface area (Å²) in [5.41, 5.74) is 4.14. The molecule has 1 atom stereocenters. The van der Waals surface area contributed by atoms with Gasteiger partial charge in [0.2, 0.25) is 0 Å². The van der Waals surface area contributed by atoms with Crippen molar-refractivity contribution in [1.82, 2.24) is 15.3 Å². The highest BCUT2D eigenvalue weighted by Crippen LogP contribution is 2.23. The van der Waals surface area contributed by atoms with E-state index in [1.165, 1.54) is 37.7 Å². The normalized spacial score (nSPS) is 21.2. The molecule has 1 aliphatic carbocycles. The molecule has 4 heteroatoms. The van der Waals surface area contributed by atoms with Gasteiger partial charge in [0.25, 0.3) is 0 Å². The summed E-state index contributed by atoms with van der Waals surface area (Å²) in [6.45, 7) is 6.19. The van der Waals surface area contributed by atoms with E-state index in [0.717, 1.165) is 30.4 Å². The van der Waals surface area contributed by atoms with Crippen LogP contribution in [0.25, 0.3) is 0 Å². The molecule has 25 heavy (non-hydrogen) atoms. The second-order valence-corrected chi connectivity index (χ2v) is 7.55. The number of hydrogen-bond donors (Lipinski definition) is 1. The van der Waals surface area contributed by atoms with Gasteiger partial charge in [-0.05, 0) is 57.1 Å². The molecule has 2 heterocycles. The summed E-state index contributed by atoms with van der Waals surface area (Å²) in [5.74, 6) is 1.96. The van der Waals surface area contributed by atoms with Gasteiger partial charge in [-0.3, -0.25) is 0 Å². The predicted molar refractivity (Wildman–Crippen MR) is 102 cm³/mol. The Hall–Kier alpha value is -1.94. The molecule has 0 amide bonds. The topological polar surface area (TPSA) is 41.0 Å². The van der Waals surface area contributed by atoms with Crippen LogP contribution in [0.4, 0.5) is 5.82 Å². The van der Waals surface area contributed by atoms with Crippen LogP contribution < -0.4 is 10.2 Å². The van der Waals surface area contributed by atoms with Gasteiger partial charge in [0.15, 0.2) is 0 Å². The first kappa shape index (κ1) is 16.5. The first-order valence-corrected chi connectivity index (χ1v) is 9.57. The molecule has 0 radical (unpaired) electrons. The maximum absolute atomic E-state index is 4.62. The lowest BCUT2D eigenvalue weighted by Crippen LogP contribution is -2.48. The van der Waals surface area contributed by atoms with Crippen molar-refractivity contribution in [3.8, 4) is 0 Å². The lowest BCUT2D eigenvalue weighted by molar-refractivity contribution is 0.344. The van der Waals surface area contributed by atoms with Crippen LogP contribution >= 0.6 is 0 Å². The monoisotopic (exact) mass is 336 g/mol. The third-order valence-corrected chi connectivity index (χ3v) is 5.59. The summed E-state index contributed by atoms with van der Waals surface area (Å²) in [5, 5.41) is 3.93. The first-order valence-electron chi connectivity index (χ1n) is 9.57. The number of nitrogens with one attached hydrogen (secondary N) is 1. The SMILES string of the molecule is Cc1cc(N2CCC(N[C@@H]3CCc4ccccc4C3)CC2)nc(C)n1. The van der Waals surface area contributed by atoms with E-state index in [1.54, 1.807) is 5.56 Å². The number of anilines is 1. The third kappa shape index (κ3) is 3.84. The molecule has 0 unspecified atom stereocenters. The van der Waals surface area contributed by atoms with Crippen LogP contribution in [0.3, 0.4) is 0 Å². The molecule has 1 aromatic carbocycles. The van der Waals surface area contributed by atoms with Gasteiger partial charge in [-0.1, -0.05) is 24.3 Å². The highest BCUT2D eigenvalue weighted by Gasteiger charge is 2.25. The minimum absolute atomic E-state index is 0.634. The van der Waals surface area contributed by atoms with Gasteiger partial charge >= 0.3 is 0 Å². The molecular formula is C21H28N4. The largest absolute Gasteiger partial charge is 0.356 e. The number of nitrogens with zero attached hydrogens (tertiary/aromatic N) is 3. The minimum atomic E-state index is 0.634. The van der Waals surface area contributed by atoms with Gasteiger partial charge in [0.05, 0.1) is 0 Å². The quantitative estimate of drug-likeness (QED) is 0.934. The van der Waals surface area contributed by atoms with Crippen molar-refractivity contribution < 1.29 is 0 Å². The second-order valence-electron chi connectivity index (χ2n) is 7.55. The van der Waals surface area contributed by atoms with Gasteiger partial charge in [-0.25, -0.2) is 9.97 Å². The number of fused-ring (bicyclic) bond motifs is 1. The summed E-state index contributed by atoms with van der Waals surface area (Å²) < 4.78 is 0. The van der Waals surface area contributed by atoms with Crippen LogP contribution in [0, 0.1) is 13.8 Å². The number of piperidine rings is 1. The molecular weight excluding hydrogens is 308 g/mol. The van der Waals surface area contributed by atoms with Crippen molar-refractivity contribution in [2.24, 2.45) is 0 Å². The van der Waals surface area contributed by atoms with Gasteiger partial charge < -0.3 is 10.2 Å².